The summed E-state index contributed by atoms with van der Waals surface area (Å²) < 4.78 is 17.3. The molecule has 0 saturated carbocycles. The second kappa shape index (κ2) is 30.5. The van der Waals surface area contributed by atoms with Gasteiger partial charge in [-0.25, -0.2) is 4.79 Å². The first kappa shape index (κ1) is 40.9. The Morgan fingerprint density at radius 3 is 1.80 bits per heavy atom. The van der Waals surface area contributed by atoms with Crippen molar-refractivity contribution in [3.8, 4) is 0 Å². The molecule has 0 aromatic heterocycles. The Morgan fingerprint density at radius 1 is 0.750 bits per heavy atom. The summed E-state index contributed by atoms with van der Waals surface area (Å²) in [5, 5.41) is 9.12. The SMILES string of the molecule is CCCCCCCCCCC(CCCCCCC/C=C\C[C@@H](CCCCCCCCCN(C)C)OC1CCCO1)OC(=O)O. The molecule has 0 aliphatic carbocycles. The zero-order valence-electron chi connectivity index (χ0n) is 29.4. The van der Waals surface area contributed by atoms with Crippen molar-refractivity contribution in [3.63, 3.8) is 0 Å². The third-order valence-electron chi connectivity index (χ3n) is 8.97. The summed E-state index contributed by atoms with van der Waals surface area (Å²) >= 11 is 0. The van der Waals surface area contributed by atoms with Crippen LogP contribution in [0.2, 0.25) is 0 Å². The largest absolute Gasteiger partial charge is 0.506 e. The van der Waals surface area contributed by atoms with Gasteiger partial charge < -0.3 is 24.2 Å². The summed E-state index contributed by atoms with van der Waals surface area (Å²) in [5.41, 5.74) is 0. The van der Waals surface area contributed by atoms with E-state index in [1.165, 1.54) is 116 Å². The molecule has 0 aromatic rings. The summed E-state index contributed by atoms with van der Waals surface area (Å²) in [6.07, 6.45) is 36.2. The highest BCUT2D eigenvalue weighted by molar-refractivity contribution is 5.57. The minimum Gasteiger partial charge on any atom is -0.450 e. The van der Waals surface area contributed by atoms with Gasteiger partial charge in [0.15, 0.2) is 6.29 Å². The first-order chi connectivity index (χ1) is 21.5. The maximum atomic E-state index is 11.1. The summed E-state index contributed by atoms with van der Waals surface area (Å²) in [7, 11) is 4.31. The quantitative estimate of drug-likeness (QED) is 0.0457. The number of hydrogen-bond acceptors (Lipinski definition) is 5. The highest BCUT2D eigenvalue weighted by atomic mass is 16.7. The van der Waals surface area contributed by atoms with Crippen LogP contribution < -0.4 is 0 Å². The number of carbonyl (C=O) groups is 1. The fourth-order valence-corrected chi connectivity index (χ4v) is 6.24. The summed E-state index contributed by atoms with van der Waals surface area (Å²) in [4.78, 5) is 13.4. The Kier molecular flexibility index (Phi) is 28.4. The summed E-state index contributed by atoms with van der Waals surface area (Å²) in [6, 6.07) is 0. The molecule has 0 radical (unpaired) electrons. The van der Waals surface area contributed by atoms with Gasteiger partial charge in [-0.3, -0.25) is 0 Å². The molecule has 1 heterocycles. The highest BCUT2D eigenvalue weighted by Gasteiger charge is 2.20. The third-order valence-corrected chi connectivity index (χ3v) is 8.97. The number of hydrogen-bond donors (Lipinski definition) is 1. The lowest BCUT2D eigenvalue weighted by Gasteiger charge is -2.20. The van der Waals surface area contributed by atoms with Gasteiger partial charge in [0, 0.05) is 13.0 Å². The topological polar surface area (TPSA) is 68.2 Å². The molecule has 44 heavy (non-hydrogen) atoms. The Bertz CT molecular complexity index is 649. The summed E-state index contributed by atoms with van der Waals surface area (Å²) in [6.45, 7) is 4.30. The van der Waals surface area contributed by atoms with Crippen LogP contribution in [-0.4, -0.2) is 61.9 Å². The Balaban J connectivity index is 2.11. The molecule has 0 aromatic carbocycles. The van der Waals surface area contributed by atoms with Crippen molar-refractivity contribution in [3.05, 3.63) is 12.2 Å². The van der Waals surface area contributed by atoms with Crippen molar-refractivity contribution in [2.24, 2.45) is 0 Å². The number of rotatable bonds is 32. The number of carboxylic acid groups (broad SMARTS) is 1. The minimum atomic E-state index is -1.12. The average Bonchev–Trinajstić information content (AvgIpc) is 3.50. The fraction of sp³-hybridized carbons (Fsp3) is 0.921. The van der Waals surface area contributed by atoms with E-state index in [4.69, 9.17) is 19.3 Å². The van der Waals surface area contributed by atoms with Gasteiger partial charge in [0.1, 0.15) is 6.10 Å². The molecule has 1 rings (SSSR count). The Labute approximate surface area is 273 Å². The lowest BCUT2D eigenvalue weighted by molar-refractivity contribution is -0.144. The van der Waals surface area contributed by atoms with Crippen molar-refractivity contribution in [2.75, 3.05) is 27.2 Å². The normalized spacial score (nSPS) is 16.7. The van der Waals surface area contributed by atoms with Crippen molar-refractivity contribution in [1.29, 1.82) is 0 Å². The van der Waals surface area contributed by atoms with Gasteiger partial charge in [0.25, 0.3) is 0 Å². The van der Waals surface area contributed by atoms with Crippen LogP contribution in [-0.2, 0) is 14.2 Å². The van der Waals surface area contributed by atoms with E-state index in [-0.39, 0.29) is 18.5 Å². The van der Waals surface area contributed by atoms with Crippen LogP contribution in [0.5, 0.6) is 0 Å². The molecule has 2 unspecified atom stereocenters. The monoisotopic (exact) mass is 624 g/mol. The van der Waals surface area contributed by atoms with Gasteiger partial charge in [-0.2, -0.15) is 0 Å². The molecule has 1 saturated heterocycles. The van der Waals surface area contributed by atoms with E-state index in [1.807, 2.05) is 0 Å². The molecular formula is C38H73NO5. The van der Waals surface area contributed by atoms with E-state index >= 15 is 0 Å². The zero-order chi connectivity index (χ0) is 31.9. The van der Waals surface area contributed by atoms with Crippen molar-refractivity contribution < 1.29 is 24.1 Å². The molecule has 0 amide bonds. The highest BCUT2D eigenvalue weighted by Crippen LogP contribution is 2.21. The van der Waals surface area contributed by atoms with Gasteiger partial charge in [0.05, 0.1) is 6.10 Å². The van der Waals surface area contributed by atoms with Crippen LogP contribution in [0.4, 0.5) is 4.79 Å². The molecule has 1 aliphatic rings. The third kappa shape index (κ3) is 27.2. The number of nitrogens with zero attached hydrogens (tertiary/aromatic N) is 1. The van der Waals surface area contributed by atoms with Gasteiger partial charge in [-0.05, 0) is 84.8 Å². The smallest absolute Gasteiger partial charge is 0.450 e. The molecule has 0 spiro atoms. The van der Waals surface area contributed by atoms with E-state index < -0.39 is 6.16 Å². The standard InChI is InChI=1S/C38H73NO5/c1-4-5-6-7-8-12-19-24-30-36(44-38(40)41)31-25-20-14-10-9-13-17-22-28-35(43-37-32-27-34-42-37)29-23-18-15-11-16-21-26-33-39(2)3/h17,22,35-37H,4-16,18-21,23-34H2,1-3H3,(H,40,41)/b22-17-/t35-,36?,37?/m0/s1. The van der Waals surface area contributed by atoms with Gasteiger partial charge in [-0.15, -0.1) is 0 Å². The molecule has 1 aliphatic heterocycles. The van der Waals surface area contributed by atoms with Crippen molar-refractivity contribution >= 4 is 6.16 Å². The van der Waals surface area contributed by atoms with Crippen LogP contribution in [0.3, 0.4) is 0 Å². The van der Waals surface area contributed by atoms with Gasteiger partial charge in [-0.1, -0.05) is 122 Å². The maximum absolute atomic E-state index is 11.1. The Morgan fingerprint density at radius 2 is 1.27 bits per heavy atom. The summed E-state index contributed by atoms with van der Waals surface area (Å²) in [5.74, 6) is 0. The number of allylic oxidation sites excluding steroid dienone is 1. The van der Waals surface area contributed by atoms with E-state index in [0.717, 1.165) is 70.8 Å². The van der Waals surface area contributed by atoms with Crippen LogP contribution in [0.1, 0.15) is 180 Å². The van der Waals surface area contributed by atoms with Crippen LogP contribution >= 0.6 is 0 Å². The van der Waals surface area contributed by atoms with Gasteiger partial charge in [0.2, 0.25) is 0 Å². The lowest BCUT2D eigenvalue weighted by atomic mass is 10.0. The second-order valence-corrected chi connectivity index (χ2v) is 13.6. The number of ether oxygens (including phenoxy) is 3. The van der Waals surface area contributed by atoms with E-state index in [9.17, 15) is 4.79 Å². The fourth-order valence-electron chi connectivity index (χ4n) is 6.24. The van der Waals surface area contributed by atoms with E-state index in [0.29, 0.717) is 0 Å². The van der Waals surface area contributed by atoms with Crippen LogP contribution in [0.15, 0.2) is 12.2 Å². The van der Waals surface area contributed by atoms with E-state index in [1.54, 1.807) is 0 Å². The predicted octanol–water partition coefficient (Wildman–Crippen LogP) is 11.5. The maximum Gasteiger partial charge on any atom is 0.506 e. The van der Waals surface area contributed by atoms with E-state index in [2.05, 4.69) is 38.1 Å². The molecule has 0 bridgehead atoms. The average molecular weight is 624 g/mol. The molecule has 6 heteroatoms. The lowest BCUT2D eigenvalue weighted by Crippen LogP contribution is -2.21. The second-order valence-electron chi connectivity index (χ2n) is 13.6. The predicted molar refractivity (Wildman–Crippen MR) is 186 cm³/mol. The van der Waals surface area contributed by atoms with Crippen LogP contribution in [0, 0.1) is 0 Å². The molecule has 6 nitrogen and oxygen atoms in total. The number of unbranched alkanes of at least 4 members (excludes halogenated alkanes) is 18. The molecule has 1 N–H and O–H groups in total. The molecule has 1 fully saturated rings. The molecule has 260 valence electrons. The molecular weight excluding hydrogens is 550 g/mol. The van der Waals surface area contributed by atoms with Crippen LogP contribution in [0.25, 0.3) is 0 Å². The zero-order valence-corrected chi connectivity index (χ0v) is 29.4. The Hall–Kier alpha value is -1.11. The van der Waals surface area contributed by atoms with Crippen molar-refractivity contribution in [2.45, 2.75) is 199 Å². The minimum absolute atomic E-state index is 0.00548. The first-order valence-electron chi connectivity index (χ1n) is 19.0. The molecule has 3 atom stereocenters. The van der Waals surface area contributed by atoms with Gasteiger partial charge >= 0.3 is 6.16 Å². The van der Waals surface area contributed by atoms with Crippen molar-refractivity contribution in [1.82, 2.24) is 4.90 Å². The first-order valence-corrected chi connectivity index (χ1v) is 19.0.